The first-order valence-electron chi connectivity index (χ1n) is 12.8. The molecule has 0 amide bonds. The average Bonchev–Trinajstić information content (AvgIpc) is 2.93. The van der Waals surface area contributed by atoms with E-state index in [1.54, 1.807) is 14.2 Å². The van der Waals surface area contributed by atoms with Gasteiger partial charge in [-0.25, -0.2) is 0 Å². The predicted octanol–water partition coefficient (Wildman–Crippen LogP) is 8.32. The highest BCUT2D eigenvalue weighted by molar-refractivity contribution is 5.49. The topological polar surface area (TPSA) is 27.7 Å². The van der Waals surface area contributed by atoms with Gasteiger partial charge in [0.1, 0.15) is 17.1 Å². The molecule has 35 heavy (non-hydrogen) atoms. The zero-order chi connectivity index (χ0) is 24.8. The van der Waals surface area contributed by atoms with Crippen LogP contribution in [0.25, 0.3) is 0 Å². The number of allylic oxidation sites excluding steroid dienone is 1. The van der Waals surface area contributed by atoms with Gasteiger partial charge in [-0.1, -0.05) is 92.8 Å². The van der Waals surface area contributed by atoms with Gasteiger partial charge in [0.05, 0.1) is 14.2 Å². The lowest BCUT2D eigenvalue weighted by Crippen LogP contribution is -2.33. The molecule has 0 aliphatic rings. The summed E-state index contributed by atoms with van der Waals surface area (Å²) in [5.41, 5.74) is 2.55. The number of benzene rings is 3. The van der Waals surface area contributed by atoms with E-state index in [2.05, 4.69) is 55.1 Å². The maximum atomic E-state index is 6.90. The van der Waals surface area contributed by atoms with Crippen LogP contribution in [0.3, 0.4) is 0 Å². The summed E-state index contributed by atoms with van der Waals surface area (Å²) in [6.07, 6.45) is 11.8. The summed E-state index contributed by atoms with van der Waals surface area (Å²) >= 11 is 0. The molecule has 3 rings (SSSR count). The highest BCUT2D eigenvalue weighted by Gasteiger charge is 2.37. The molecular formula is C32H40O3. The normalized spacial score (nSPS) is 11.3. The largest absolute Gasteiger partial charge is 0.497 e. The van der Waals surface area contributed by atoms with Crippen molar-refractivity contribution < 1.29 is 14.2 Å². The van der Waals surface area contributed by atoms with E-state index in [1.807, 2.05) is 36.4 Å². The van der Waals surface area contributed by atoms with Crippen molar-refractivity contribution in [2.45, 2.75) is 57.0 Å². The molecule has 0 aromatic heterocycles. The lowest BCUT2D eigenvalue weighted by molar-refractivity contribution is 0.0106. The zero-order valence-electron chi connectivity index (χ0n) is 21.4. The average molecular weight is 473 g/mol. The van der Waals surface area contributed by atoms with E-state index in [0.29, 0.717) is 6.61 Å². The minimum atomic E-state index is -0.718. The number of ether oxygens (including phenoxy) is 3. The van der Waals surface area contributed by atoms with E-state index < -0.39 is 5.60 Å². The van der Waals surface area contributed by atoms with Crippen LogP contribution in [0.15, 0.2) is 91.5 Å². The molecule has 3 heteroatoms. The fourth-order valence-electron chi connectivity index (χ4n) is 4.57. The fraction of sp³-hybridized carbons (Fsp3) is 0.375. The molecule has 186 valence electrons. The molecule has 0 N–H and O–H groups in total. The van der Waals surface area contributed by atoms with Crippen LogP contribution >= 0.6 is 0 Å². The Balaban J connectivity index is 1.81. The van der Waals surface area contributed by atoms with Crippen molar-refractivity contribution in [1.82, 2.24) is 0 Å². The summed E-state index contributed by atoms with van der Waals surface area (Å²) < 4.78 is 17.8. The van der Waals surface area contributed by atoms with Crippen LogP contribution in [0, 0.1) is 0 Å². The van der Waals surface area contributed by atoms with Gasteiger partial charge >= 0.3 is 0 Å². The quantitative estimate of drug-likeness (QED) is 0.119. The van der Waals surface area contributed by atoms with Crippen LogP contribution in [0.2, 0.25) is 0 Å². The molecule has 0 bridgehead atoms. The first-order chi connectivity index (χ1) is 17.2. The Morgan fingerprint density at radius 1 is 0.600 bits per heavy atom. The van der Waals surface area contributed by atoms with Crippen molar-refractivity contribution in [3.05, 3.63) is 108 Å². The van der Waals surface area contributed by atoms with Crippen LogP contribution in [0.4, 0.5) is 0 Å². The Labute approximate surface area is 211 Å². The third kappa shape index (κ3) is 7.22. The number of hydrogen-bond acceptors (Lipinski definition) is 3. The second-order valence-corrected chi connectivity index (χ2v) is 8.90. The van der Waals surface area contributed by atoms with Gasteiger partial charge in [-0.2, -0.15) is 0 Å². The van der Waals surface area contributed by atoms with Gasteiger partial charge in [-0.15, -0.1) is 6.58 Å². The lowest BCUT2D eigenvalue weighted by Gasteiger charge is -2.36. The van der Waals surface area contributed by atoms with Gasteiger partial charge in [0.15, 0.2) is 0 Å². The van der Waals surface area contributed by atoms with E-state index in [-0.39, 0.29) is 0 Å². The van der Waals surface area contributed by atoms with Crippen LogP contribution in [0.1, 0.15) is 68.1 Å². The zero-order valence-corrected chi connectivity index (χ0v) is 21.4. The molecule has 0 atom stereocenters. The molecular weight excluding hydrogens is 432 g/mol. The third-order valence-electron chi connectivity index (χ3n) is 6.54. The van der Waals surface area contributed by atoms with Gasteiger partial charge in [0.25, 0.3) is 0 Å². The molecule has 3 aromatic carbocycles. The molecule has 0 spiro atoms. The molecule has 3 nitrogen and oxygen atoms in total. The molecule has 0 saturated heterocycles. The molecule has 0 unspecified atom stereocenters. The van der Waals surface area contributed by atoms with Crippen molar-refractivity contribution >= 4 is 0 Å². The summed E-state index contributed by atoms with van der Waals surface area (Å²) in [4.78, 5) is 0. The molecule has 3 aromatic rings. The van der Waals surface area contributed by atoms with Gasteiger partial charge in [-0.3, -0.25) is 0 Å². The van der Waals surface area contributed by atoms with E-state index >= 15 is 0 Å². The Kier molecular flexibility index (Phi) is 10.9. The first-order valence-corrected chi connectivity index (χ1v) is 12.8. The maximum absolute atomic E-state index is 6.90. The molecule has 0 aliphatic carbocycles. The summed E-state index contributed by atoms with van der Waals surface area (Å²) in [7, 11) is 3.39. The number of methoxy groups -OCH3 is 2. The van der Waals surface area contributed by atoms with Gasteiger partial charge in [0, 0.05) is 6.61 Å². The molecule has 0 saturated carbocycles. The van der Waals surface area contributed by atoms with E-state index in [0.717, 1.165) is 41.0 Å². The SMILES string of the molecule is C=CCCCCCCCCCOC(c1ccccc1)(c1ccc(OC)cc1)c1ccc(OC)cc1. The van der Waals surface area contributed by atoms with E-state index in [9.17, 15) is 0 Å². The molecule has 0 fully saturated rings. The highest BCUT2D eigenvalue weighted by Crippen LogP contribution is 2.41. The van der Waals surface area contributed by atoms with Crippen molar-refractivity contribution in [1.29, 1.82) is 0 Å². The van der Waals surface area contributed by atoms with Crippen LogP contribution in [-0.2, 0) is 10.3 Å². The summed E-state index contributed by atoms with van der Waals surface area (Å²) in [5.74, 6) is 1.66. The smallest absolute Gasteiger partial charge is 0.143 e. The predicted molar refractivity (Wildman–Crippen MR) is 145 cm³/mol. The van der Waals surface area contributed by atoms with E-state index in [1.165, 1.54) is 38.5 Å². The number of hydrogen-bond donors (Lipinski definition) is 0. The summed E-state index contributed by atoms with van der Waals surface area (Å²) in [6.45, 7) is 4.49. The Morgan fingerprint density at radius 3 is 1.54 bits per heavy atom. The third-order valence-corrected chi connectivity index (χ3v) is 6.54. The van der Waals surface area contributed by atoms with Crippen molar-refractivity contribution in [2.75, 3.05) is 20.8 Å². The number of unbranched alkanes of at least 4 members (excludes halogenated alkanes) is 7. The summed E-state index contributed by atoms with van der Waals surface area (Å²) in [5, 5.41) is 0. The highest BCUT2D eigenvalue weighted by atomic mass is 16.5. The maximum Gasteiger partial charge on any atom is 0.143 e. The van der Waals surface area contributed by atoms with Crippen molar-refractivity contribution in [3.8, 4) is 11.5 Å². The molecule has 0 heterocycles. The monoisotopic (exact) mass is 472 g/mol. The molecule has 0 radical (unpaired) electrons. The van der Waals surface area contributed by atoms with Gasteiger partial charge < -0.3 is 14.2 Å². The van der Waals surface area contributed by atoms with Crippen molar-refractivity contribution in [2.24, 2.45) is 0 Å². The van der Waals surface area contributed by atoms with Crippen molar-refractivity contribution in [3.63, 3.8) is 0 Å². The Morgan fingerprint density at radius 2 is 1.06 bits per heavy atom. The Hall–Kier alpha value is -3.04. The van der Waals surface area contributed by atoms with Crippen LogP contribution in [0.5, 0.6) is 11.5 Å². The van der Waals surface area contributed by atoms with Crippen LogP contribution in [-0.4, -0.2) is 20.8 Å². The van der Waals surface area contributed by atoms with E-state index in [4.69, 9.17) is 14.2 Å². The number of rotatable bonds is 16. The Bertz CT molecular complexity index is 930. The lowest BCUT2D eigenvalue weighted by atomic mass is 9.80. The second kappa shape index (κ2) is 14.4. The van der Waals surface area contributed by atoms with Gasteiger partial charge in [-0.05, 0) is 60.2 Å². The second-order valence-electron chi connectivity index (χ2n) is 8.90. The fourth-order valence-corrected chi connectivity index (χ4v) is 4.57. The first kappa shape index (κ1) is 26.6. The standard InChI is InChI=1S/C32H40O3/c1-4-5-6-7-8-9-10-11-15-26-35-32(27-16-13-12-14-17-27,28-18-22-30(33-2)23-19-28)29-20-24-31(34-3)25-21-29/h4,12-14,16-25H,1,5-11,15,26H2,2-3H3. The van der Waals surface area contributed by atoms with Gasteiger partial charge in [0.2, 0.25) is 0 Å². The minimum Gasteiger partial charge on any atom is -0.497 e. The summed E-state index contributed by atoms with van der Waals surface area (Å²) in [6, 6.07) is 27.0. The molecule has 0 aliphatic heterocycles. The minimum absolute atomic E-state index is 0.684. The van der Waals surface area contributed by atoms with Crippen LogP contribution < -0.4 is 9.47 Å².